The summed E-state index contributed by atoms with van der Waals surface area (Å²) in [5.74, 6) is 0. The van der Waals surface area contributed by atoms with Gasteiger partial charge in [0.1, 0.15) is 22.3 Å². The van der Waals surface area contributed by atoms with Gasteiger partial charge < -0.3 is 18.3 Å². The number of rotatable bonds is 5. The summed E-state index contributed by atoms with van der Waals surface area (Å²) in [5, 5.41) is 7.02. The molecule has 11 aromatic carbocycles. The van der Waals surface area contributed by atoms with Crippen molar-refractivity contribution in [2.75, 3.05) is 4.90 Å². The Labute approximate surface area is 419 Å². The number of aromatic nitrogens is 1. The number of anilines is 3. The second kappa shape index (κ2) is 15.3. The van der Waals surface area contributed by atoms with Gasteiger partial charge in [0.2, 0.25) is 6.71 Å². The second-order valence-electron chi connectivity index (χ2n) is 19.2. The number of hydrogen-bond acceptors (Lipinski definition) is 4. The Morgan fingerprint density at radius 2 is 0.819 bits per heavy atom. The van der Waals surface area contributed by atoms with Gasteiger partial charge in [0.05, 0.1) is 11.0 Å². The maximum atomic E-state index is 6.47. The van der Waals surface area contributed by atoms with Crippen molar-refractivity contribution < 1.29 is 8.83 Å². The van der Waals surface area contributed by atoms with Gasteiger partial charge in [-0.25, -0.2) is 0 Å². The molecule has 0 atom stereocenters. The van der Waals surface area contributed by atoms with Crippen molar-refractivity contribution in [3.05, 3.63) is 237 Å². The smallest absolute Gasteiger partial charge is 0.249 e. The van der Waals surface area contributed by atoms with Crippen molar-refractivity contribution in [2.24, 2.45) is 0 Å². The Hall–Kier alpha value is -8.97. The zero-order valence-corrected chi connectivity index (χ0v) is 39.5. The van der Waals surface area contributed by atoms with Crippen LogP contribution in [0.3, 0.4) is 0 Å². The van der Waals surface area contributed by atoms with Crippen LogP contribution in [0, 0.1) is 0 Å². The molecule has 0 spiro atoms. The fraction of sp³-hybridized carbons (Fsp3) is 0. The lowest BCUT2D eigenvalue weighted by Crippen LogP contribution is -2.59. The lowest BCUT2D eigenvalue weighted by Gasteiger charge is -2.41. The van der Waals surface area contributed by atoms with Crippen LogP contribution in [0.15, 0.2) is 255 Å². The minimum atomic E-state index is -0.0212. The first kappa shape index (κ1) is 39.8. The van der Waals surface area contributed by atoms with Gasteiger partial charge in [-0.3, -0.25) is 0 Å². The molecule has 0 saturated heterocycles. The normalized spacial score (nSPS) is 12.9. The lowest BCUT2D eigenvalue weighted by molar-refractivity contribution is 0.668. The summed E-state index contributed by atoms with van der Waals surface area (Å²) in [6.45, 7) is -0.0212. The van der Waals surface area contributed by atoms with Gasteiger partial charge in [-0.2, -0.15) is 0 Å². The Bertz CT molecular complexity index is 4510. The van der Waals surface area contributed by atoms with Crippen molar-refractivity contribution in [3.63, 3.8) is 0 Å². The number of hydrogen-bond donors (Lipinski definition) is 0. The van der Waals surface area contributed by atoms with Gasteiger partial charge in [0.25, 0.3) is 0 Å². The molecule has 0 radical (unpaired) electrons. The Balaban J connectivity index is 0.939. The summed E-state index contributed by atoms with van der Waals surface area (Å²) in [7, 11) is 0. The highest BCUT2D eigenvalue weighted by Crippen LogP contribution is 2.46. The third kappa shape index (κ3) is 5.90. The number of nitrogens with zero attached hydrogens (tertiary/aromatic N) is 2. The topological polar surface area (TPSA) is 34.5 Å². The largest absolute Gasteiger partial charge is 0.456 e. The van der Waals surface area contributed by atoms with E-state index in [1.165, 1.54) is 70.4 Å². The van der Waals surface area contributed by atoms with E-state index < -0.39 is 0 Å². The van der Waals surface area contributed by atoms with Gasteiger partial charge in [-0.1, -0.05) is 169 Å². The molecule has 4 nitrogen and oxygen atoms in total. The molecule has 0 amide bonds. The minimum absolute atomic E-state index is 0.0212. The van der Waals surface area contributed by atoms with Crippen LogP contribution in [-0.4, -0.2) is 11.3 Å². The second-order valence-corrected chi connectivity index (χ2v) is 20.3. The fourth-order valence-electron chi connectivity index (χ4n) is 11.9. The first-order valence-electron chi connectivity index (χ1n) is 24.6. The van der Waals surface area contributed by atoms with E-state index in [-0.39, 0.29) is 6.71 Å². The van der Waals surface area contributed by atoms with Gasteiger partial charge in [-0.05, 0) is 129 Å². The standard InChI is InChI=1S/C66H39BN2O2S/c1-2-12-40(13-3-1)41-22-28-46(29-23-41)68-58-34-42(43-24-30-52-50-16-6-10-20-60(50)70-62(52)35-43)26-32-54(58)67-55-33-27-45(44-25-31-53-51-17-7-11-21-61(51)71-63(53)36-44)37-64(55)72-65-39-47(38-59(68)66(65)67)69-56-18-8-4-14-48(56)49-15-5-9-19-57(49)69/h1-39H. The van der Waals surface area contributed by atoms with Crippen LogP contribution < -0.4 is 21.3 Å². The monoisotopic (exact) mass is 934 g/mol. The van der Waals surface area contributed by atoms with Gasteiger partial charge in [0.15, 0.2) is 0 Å². The lowest BCUT2D eigenvalue weighted by atomic mass is 9.34. The minimum Gasteiger partial charge on any atom is -0.456 e. The molecule has 3 aromatic heterocycles. The number of fused-ring (bicyclic) bond motifs is 13. The van der Waals surface area contributed by atoms with Crippen LogP contribution in [0.25, 0.3) is 105 Å². The Kier molecular flexibility index (Phi) is 8.45. The molecule has 16 rings (SSSR count). The summed E-state index contributed by atoms with van der Waals surface area (Å²) in [4.78, 5) is 5.04. The van der Waals surface area contributed by atoms with Crippen molar-refractivity contribution in [3.8, 4) is 39.1 Å². The average molecular weight is 935 g/mol. The van der Waals surface area contributed by atoms with Gasteiger partial charge >= 0.3 is 0 Å². The molecule has 0 saturated carbocycles. The quantitative estimate of drug-likeness (QED) is 0.161. The molecule has 334 valence electrons. The molecular weight excluding hydrogens is 896 g/mol. The van der Waals surface area contributed by atoms with E-state index >= 15 is 0 Å². The van der Waals surface area contributed by atoms with Gasteiger partial charge in [0, 0.05) is 64.9 Å². The molecular formula is C66H39BN2O2S. The van der Waals surface area contributed by atoms with Crippen molar-refractivity contribution in [1.29, 1.82) is 0 Å². The molecule has 2 aliphatic rings. The van der Waals surface area contributed by atoms with Crippen molar-refractivity contribution in [2.45, 2.75) is 9.79 Å². The first-order valence-corrected chi connectivity index (χ1v) is 25.4. The van der Waals surface area contributed by atoms with E-state index in [4.69, 9.17) is 8.83 Å². The summed E-state index contributed by atoms with van der Waals surface area (Å²) in [6, 6.07) is 86.5. The van der Waals surface area contributed by atoms with E-state index in [0.29, 0.717) is 0 Å². The summed E-state index contributed by atoms with van der Waals surface area (Å²) < 4.78 is 15.4. The van der Waals surface area contributed by atoms with Crippen LogP contribution in [0.2, 0.25) is 0 Å². The van der Waals surface area contributed by atoms with Gasteiger partial charge in [-0.15, -0.1) is 0 Å². The highest BCUT2D eigenvalue weighted by atomic mass is 32.2. The number of benzene rings is 11. The van der Waals surface area contributed by atoms with Crippen LogP contribution in [0.5, 0.6) is 0 Å². The number of para-hydroxylation sites is 4. The average Bonchev–Trinajstić information content (AvgIpc) is 4.12. The van der Waals surface area contributed by atoms with Crippen LogP contribution in [0.4, 0.5) is 17.1 Å². The highest BCUT2D eigenvalue weighted by Gasteiger charge is 2.42. The molecule has 72 heavy (non-hydrogen) atoms. The van der Waals surface area contributed by atoms with E-state index in [1.807, 2.05) is 23.9 Å². The Morgan fingerprint density at radius 1 is 0.319 bits per heavy atom. The number of furan rings is 2. The predicted molar refractivity (Wildman–Crippen MR) is 302 cm³/mol. The molecule has 0 fully saturated rings. The third-order valence-corrected chi connectivity index (χ3v) is 16.4. The van der Waals surface area contributed by atoms with E-state index in [0.717, 1.165) is 77.6 Å². The maximum Gasteiger partial charge on any atom is 0.249 e. The zero-order valence-electron chi connectivity index (χ0n) is 38.7. The van der Waals surface area contributed by atoms with Crippen LogP contribution in [0.1, 0.15) is 0 Å². The van der Waals surface area contributed by atoms with Crippen LogP contribution in [-0.2, 0) is 0 Å². The van der Waals surface area contributed by atoms with Crippen molar-refractivity contribution in [1.82, 2.24) is 4.57 Å². The molecule has 2 aliphatic heterocycles. The third-order valence-electron chi connectivity index (χ3n) is 15.3. The maximum absolute atomic E-state index is 6.47. The molecule has 6 heteroatoms. The van der Waals surface area contributed by atoms with Crippen molar-refractivity contribution >= 4 is 118 Å². The first-order chi connectivity index (χ1) is 35.7. The SMILES string of the molecule is c1ccc(-c2ccc(N3c4cc(-c5ccc6c(c5)oc5ccccc56)ccc4B4c5ccc(-c6ccc7c(c6)oc6ccccc67)cc5Sc5cc(-n6c7ccccc7c7ccccc76)cc3c54)cc2)cc1. The molecule has 5 heterocycles. The zero-order chi connectivity index (χ0) is 47.0. The molecule has 0 aliphatic carbocycles. The van der Waals surface area contributed by atoms with E-state index in [9.17, 15) is 0 Å². The fourth-order valence-corrected chi connectivity index (χ4v) is 13.2. The van der Waals surface area contributed by atoms with Crippen LogP contribution >= 0.6 is 11.8 Å². The summed E-state index contributed by atoms with van der Waals surface area (Å²) in [6.07, 6.45) is 0. The molecule has 0 unspecified atom stereocenters. The molecule has 0 bridgehead atoms. The van der Waals surface area contributed by atoms with E-state index in [2.05, 4.69) is 234 Å². The summed E-state index contributed by atoms with van der Waals surface area (Å²) in [5.41, 5.74) is 21.4. The Morgan fingerprint density at radius 3 is 1.47 bits per heavy atom. The summed E-state index contributed by atoms with van der Waals surface area (Å²) >= 11 is 1.89. The van der Waals surface area contributed by atoms with E-state index in [1.54, 1.807) is 0 Å². The predicted octanol–water partition coefficient (Wildman–Crippen LogP) is 16.3. The highest BCUT2D eigenvalue weighted by molar-refractivity contribution is 8.00. The molecule has 0 N–H and O–H groups in total. The molecule has 14 aromatic rings.